The van der Waals surface area contributed by atoms with E-state index in [-0.39, 0.29) is 8.76 Å². The Kier molecular flexibility index (Phi) is 5.91. The number of carbonyl (C=O) groups is 1. The number of anilines is 3. The number of nitrogens with one attached hydrogen (secondary N) is 2. The highest BCUT2D eigenvalue weighted by Gasteiger charge is 2.29. The molecule has 4 heterocycles. The lowest BCUT2D eigenvalue weighted by Crippen LogP contribution is -2.44. The van der Waals surface area contributed by atoms with E-state index in [1.807, 2.05) is 24.4 Å². The number of imidazole rings is 1. The van der Waals surface area contributed by atoms with E-state index in [2.05, 4.69) is 35.5 Å². The van der Waals surface area contributed by atoms with Crippen molar-refractivity contribution in [3.63, 3.8) is 0 Å². The first-order chi connectivity index (χ1) is 16.4. The average molecular weight is 466 g/mol. The van der Waals surface area contributed by atoms with Crippen molar-refractivity contribution in [1.82, 2.24) is 24.7 Å². The molecule has 1 aliphatic carbocycles. The van der Waals surface area contributed by atoms with Gasteiger partial charge < -0.3 is 25.7 Å². The van der Waals surface area contributed by atoms with Gasteiger partial charge in [0.2, 0.25) is 0 Å². The molecule has 0 atom stereocenters. The lowest BCUT2D eigenvalue weighted by molar-refractivity contribution is 0.102. The maximum Gasteiger partial charge on any atom is 0.260 e. The highest BCUT2D eigenvalue weighted by Crippen LogP contribution is 2.29. The number of aromatic nitrogens is 4. The summed E-state index contributed by atoms with van der Waals surface area (Å²) < 4.78 is 1.86. The van der Waals surface area contributed by atoms with Crippen LogP contribution in [0.5, 0.6) is 0 Å². The Labute approximate surface area is 201 Å². The summed E-state index contributed by atoms with van der Waals surface area (Å²) in [6.07, 6.45) is 11.6. The minimum absolute atomic E-state index is 0. The van der Waals surface area contributed by atoms with Crippen molar-refractivity contribution in [3.8, 4) is 0 Å². The van der Waals surface area contributed by atoms with Gasteiger partial charge in [0.05, 0.1) is 34.4 Å². The molecular formula is C24H35N9O. The van der Waals surface area contributed by atoms with Crippen molar-refractivity contribution in [3.05, 3.63) is 41.1 Å². The zero-order valence-corrected chi connectivity index (χ0v) is 19.9. The molecule has 0 bridgehead atoms. The Morgan fingerprint density at radius 2 is 1.91 bits per heavy atom. The zero-order chi connectivity index (χ0) is 23.8. The summed E-state index contributed by atoms with van der Waals surface area (Å²) in [5, 5.41) is 6.56. The molecule has 0 unspecified atom stereocenters. The zero-order valence-electron chi connectivity index (χ0n) is 19.9. The summed E-state index contributed by atoms with van der Waals surface area (Å²) in [7, 11) is 1.69. The number of amides is 1. The Morgan fingerprint density at radius 1 is 1.18 bits per heavy atom. The topological polar surface area (TPSA) is 126 Å². The van der Waals surface area contributed by atoms with Crippen LogP contribution in [0.25, 0.3) is 5.65 Å². The first-order valence-electron chi connectivity index (χ1n) is 11.8. The van der Waals surface area contributed by atoms with E-state index in [0.717, 1.165) is 43.1 Å². The molecule has 0 aromatic carbocycles. The highest BCUT2D eigenvalue weighted by atomic mass is 16.1. The van der Waals surface area contributed by atoms with Gasteiger partial charge in [-0.3, -0.25) is 14.8 Å². The molecular weight excluding hydrogens is 430 g/mol. The molecule has 1 saturated heterocycles. The molecule has 0 radical (unpaired) electrons. The van der Waals surface area contributed by atoms with Crippen LogP contribution in [-0.4, -0.2) is 63.7 Å². The van der Waals surface area contributed by atoms with Gasteiger partial charge in [0.25, 0.3) is 5.91 Å². The molecule has 10 heteroatoms. The minimum Gasteiger partial charge on any atom is -0.397 e. The van der Waals surface area contributed by atoms with Crippen LogP contribution in [0.15, 0.2) is 23.6 Å². The summed E-state index contributed by atoms with van der Waals surface area (Å²) in [5.41, 5.74) is 10.2. The van der Waals surface area contributed by atoms with Crippen LogP contribution in [-0.2, 0) is 0 Å². The normalized spacial score (nSPS) is 17.1. The maximum absolute atomic E-state index is 13.1. The Hall–Kier alpha value is -3.53. The van der Waals surface area contributed by atoms with E-state index < -0.39 is 0 Å². The summed E-state index contributed by atoms with van der Waals surface area (Å²) in [6, 6.07) is 1.27. The molecule has 1 amide bonds. The SMILES string of the molecule is CN=Cc1c(N2CCC(NC3CC3)CC2)ncc(C(=O)Nc2cn3cc(C)nc(C)c3n2)c1N.[HH].[HH]. The van der Waals surface area contributed by atoms with E-state index in [4.69, 9.17) is 5.73 Å². The van der Waals surface area contributed by atoms with Gasteiger partial charge in [-0.05, 0) is 39.5 Å². The predicted octanol–water partition coefficient (Wildman–Crippen LogP) is 2.84. The molecule has 4 N–H and O–H groups in total. The molecule has 3 aromatic rings. The van der Waals surface area contributed by atoms with Crippen molar-refractivity contribution in [2.75, 3.05) is 36.1 Å². The fourth-order valence-corrected chi connectivity index (χ4v) is 4.61. The third kappa shape index (κ3) is 4.45. The van der Waals surface area contributed by atoms with Gasteiger partial charge in [-0.15, -0.1) is 0 Å². The maximum atomic E-state index is 13.1. The van der Waals surface area contributed by atoms with Crippen molar-refractivity contribution in [1.29, 1.82) is 0 Å². The summed E-state index contributed by atoms with van der Waals surface area (Å²) in [6.45, 7) is 5.59. The van der Waals surface area contributed by atoms with Crippen LogP contribution >= 0.6 is 0 Å². The molecule has 2 fully saturated rings. The van der Waals surface area contributed by atoms with Gasteiger partial charge >= 0.3 is 0 Å². The van der Waals surface area contributed by atoms with Gasteiger partial charge in [0.1, 0.15) is 5.82 Å². The number of piperidine rings is 1. The largest absolute Gasteiger partial charge is 0.397 e. The van der Waals surface area contributed by atoms with E-state index in [9.17, 15) is 4.79 Å². The lowest BCUT2D eigenvalue weighted by atomic mass is 10.0. The molecule has 1 saturated carbocycles. The summed E-state index contributed by atoms with van der Waals surface area (Å²) in [4.78, 5) is 33.1. The highest BCUT2D eigenvalue weighted by molar-refractivity contribution is 6.10. The number of fused-ring (bicyclic) bond motifs is 1. The monoisotopic (exact) mass is 465 g/mol. The number of hydrogen-bond acceptors (Lipinski definition) is 8. The standard InChI is InChI=1S/C24H31N9O.2H2/c1-14-12-33-13-20(30-22(33)15(2)28-14)31-24(34)19-11-27-23(18(10-26-3)21(19)25)32-8-6-17(7-9-32)29-16-4-5-16;;/h10-13,16-17,29H,4-9H2,1-3H3,(H2,25,27)(H,31,34);2*1H. The predicted molar refractivity (Wildman–Crippen MR) is 138 cm³/mol. The van der Waals surface area contributed by atoms with Crippen molar-refractivity contribution in [2.24, 2.45) is 4.99 Å². The van der Waals surface area contributed by atoms with Gasteiger partial charge in [-0.25, -0.2) is 9.97 Å². The number of aryl methyl sites for hydroxylation is 2. The molecule has 5 rings (SSSR count). The van der Waals surface area contributed by atoms with E-state index >= 15 is 0 Å². The fourth-order valence-electron chi connectivity index (χ4n) is 4.61. The number of nitrogens with zero attached hydrogens (tertiary/aromatic N) is 6. The Balaban J connectivity index is 0.00000180. The van der Waals surface area contributed by atoms with Crippen LogP contribution in [0.3, 0.4) is 0 Å². The molecule has 0 spiro atoms. The second kappa shape index (κ2) is 9.02. The number of aliphatic imine (C=N–C) groups is 1. The molecule has 2 aliphatic rings. The van der Waals surface area contributed by atoms with Crippen LogP contribution in [0, 0.1) is 13.8 Å². The van der Waals surface area contributed by atoms with Crippen LogP contribution < -0.4 is 21.3 Å². The Bertz CT molecular complexity index is 1260. The number of nitrogen functional groups attached to an aromatic ring is 1. The third-order valence-electron chi connectivity index (χ3n) is 6.45. The minimum atomic E-state index is -0.361. The van der Waals surface area contributed by atoms with Gasteiger partial charge in [0.15, 0.2) is 11.5 Å². The van der Waals surface area contributed by atoms with E-state index in [0.29, 0.717) is 40.4 Å². The van der Waals surface area contributed by atoms with Crippen LogP contribution in [0.2, 0.25) is 0 Å². The van der Waals surface area contributed by atoms with Gasteiger partial charge in [-0.2, -0.15) is 0 Å². The molecule has 10 nitrogen and oxygen atoms in total. The lowest BCUT2D eigenvalue weighted by Gasteiger charge is -2.34. The number of pyridine rings is 1. The van der Waals surface area contributed by atoms with Crippen molar-refractivity contribution in [2.45, 2.75) is 51.6 Å². The van der Waals surface area contributed by atoms with Crippen molar-refractivity contribution >= 4 is 35.1 Å². The third-order valence-corrected chi connectivity index (χ3v) is 6.45. The molecule has 182 valence electrons. The second-order valence-corrected chi connectivity index (χ2v) is 9.19. The average Bonchev–Trinajstić information content (AvgIpc) is 3.53. The first kappa shape index (κ1) is 22.3. The summed E-state index contributed by atoms with van der Waals surface area (Å²) in [5.74, 6) is 0.842. The number of hydrogen-bond donors (Lipinski definition) is 3. The second-order valence-electron chi connectivity index (χ2n) is 9.19. The number of rotatable bonds is 6. The van der Waals surface area contributed by atoms with E-state index in [1.165, 1.54) is 12.8 Å². The van der Waals surface area contributed by atoms with E-state index in [1.54, 1.807) is 25.7 Å². The fraction of sp³-hybridized carbons (Fsp3) is 0.458. The first-order valence-corrected chi connectivity index (χ1v) is 11.8. The van der Waals surface area contributed by atoms with Crippen LogP contribution in [0.1, 0.15) is 55.8 Å². The smallest absolute Gasteiger partial charge is 0.260 e. The quantitative estimate of drug-likeness (QED) is 0.478. The Morgan fingerprint density at radius 3 is 2.62 bits per heavy atom. The van der Waals surface area contributed by atoms with Crippen LogP contribution in [0.4, 0.5) is 17.3 Å². The molecule has 34 heavy (non-hydrogen) atoms. The molecule has 1 aliphatic heterocycles. The van der Waals surface area contributed by atoms with Crippen molar-refractivity contribution < 1.29 is 7.65 Å². The summed E-state index contributed by atoms with van der Waals surface area (Å²) >= 11 is 0. The number of nitrogens with two attached hydrogens (primary N) is 1. The van der Waals surface area contributed by atoms with Gasteiger partial charge in [-0.1, -0.05) is 0 Å². The molecule has 3 aromatic heterocycles. The number of carbonyl (C=O) groups excluding carboxylic acids is 1. The van der Waals surface area contributed by atoms with Gasteiger partial charge in [0, 0.05) is 53.7 Å².